The van der Waals surface area contributed by atoms with Gasteiger partial charge in [0.05, 0.1) is 32.0 Å². The van der Waals surface area contributed by atoms with Gasteiger partial charge < -0.3 is 14.9 Å². The molecule has 1 aliphatic heterocycles. The van der Waals surface area contributed by atoms with Crippen molar-refractivity contribution >= 4 is 0 Å². The number of hydrogen-bond donors (Lipinski definition) is 2. The van der Waals surface area contributed by atoms with Crippen molar-refractivity contribution in [3.8, 4) is 0 Å². The minimum Gasteiger partial charge on any atom is -0.395 e. The fourth-order valence-electron chi connectivity index (χ4n) is 2.56. The maximum absolute atomic E-state index is 10.3. The van der Waals surface area contributed by atoms with Gasteiger partial charge in [0, 0.05) is 13.1 Å². The largest absolute Gasteiger partial charge is 0.395 e. The maximum atomic E-state index is 10.3. The predicted octanol–water partition coefficient (Wildman–Crippen LogP) is 1.11. The van der Waals surface area contributed by atoms with E-state index in [1.54, 1.807) is 0 Å². The number of aliphatic hydroxyl groups is 2. The SMILES string of the molecule is Cc1ccccc1C(O)CCN1CCOCC1CO. The Morgan fingerprint density at radius 2 is 2.21 bits per heavy atom. The Labute approximate surface area is 114 Å². The molecule has 19 heavy (non-hydrogen) atoms. The summed E-state index contributed by atoms with van der Waals surface area (Å²) in [7, 11) is 0. The molecule has 0 aliphatic carbocycles. The van der Waals surface area contributed by atoms with Gasteiger partial charge in [-0.05, 0) is 24.5 Å². The summed E-state index contributed by atoms with van der Waals surface area (Å²) < 4.78 is 5.35. The average Bonchev–Trinajstić information content (AvgIpc) is 2.45. The maximum Gasteiger partial charge on any atom is 0.0804 e. The molecule has 2 unspecified atom stereocenters. The standard InChI is InChI=1S/C15H23NO3/c1-12-4-2-3-5-14(12)15(18)6-7-16-8-9-19-11-13(16)10-17/h2-5,13,15,17-18H,6-11H2,1H3. The van der Waals surface area contributed by atoms with Crippen molar-refractivity contribution in [3.63, 3.8) is 0 Å². The van der Waals surface area contributed by atoms with E-state index in [1.807, 2.05) is 31.2 Å². The minimum absolute atomic E-state index is 0.0674. The third kappa shape index (κ3) is 3.76. The zero-order chi connectivity index (χ0) is 13.7. The van der Waals surface area contributed by atoms with Crippen LogP contribution in [0.3, 0.4) is 0 Å². The first-order chi connectivity index (χ1) is 9.22. The normalized spacial score (nSPS) is 22.4. The number of ether oxygens (including phenoxy) is 1. The Hall–Kier alpha value is -0.940. The molecule has 2 rings (SSSR count). The average molecular weight is 265 g/mol. The molecule has 0 aromatic heterocycles. The van der Waals surface area contributed by atoms with Gasteiger partial charge in [0.15, 0.2) is 0 Å². The highest BCUT2D eigenvalue weighted by Gasteiger charge is 2.23. The number of hydrogen-bond acceptors (Lipinski definition) is 4. The molecule has 1 heterocycles. The van der Waals surface area contributed by atoms with Crippen molar-refractivity contribution in [3.05, 3.63) is 35.4 Å². The van der Waals surface area contributed by atoms with Crippen molar-refractivity contribution in [1.82, 2.24) is 4.90 Å². The highest BCUT2D eigenvalue weighted by atomic mass is 16.5. The van der Waals surface area contributed by atoms with Crippen LogP contribution in [0.5, 0.6) is 0 Å². The molecule has 1 fully saturated rings. The molecule has 2 N–H and O–H groups in total. The topological polar surface area (TPSA) is 52.9 Å². The number of morpholine rings is 1. The second-order valence-electron chi connectivity index (χ2n) is 5.11. The highest BCUT2D eigenvalue weighted by Crippen LogP contribution is 2.21. The van der Waals surface area contributed by atoms with Gasteiger partial charge in [0.1, 0.15) is 0 Å². The number of nitrogens with zero attached hydrogens (tertiary/aromatic N) is 1. The first-order valence-electron chi connectivity index (χ1n) is 6.88. The van der Waals surface area contributed by atoms with Crippen LogP contribution >= 0.6 is 0 Å². The molecule has 4 heteroatoms. The van der Waals surface area contributed by atoms with Crippen molar-refractivity contribution in [2.24, 2.45) is 0 Å². The summed E-state index contributed by atoms with van der Waals surface area (Å²) in [5.41, 5.74) is 2.12. The van der Waals surface area contributed by atoms with E-state index < -0.39 is 6.10 Å². The van der Waals surface area contributed by atoms with Gasteiger partial charge in [-0.3, -0.25) is 4.90 Å². The molecule has 0 spiro atoms. The molecule has 1 aromatic rings. The number of rotatable bonds is 5. The Bertz CT molecular complexity index is 397. The van der Waals surface area contributed by atoms with Crippen molar-refractivity contribution in [2.75, 3.05) is 32.9 Å². The molecule has 0 saturated carbocycles. The summed E-state index contributed by atoms with van der Waals surface area (Å²) in [6.45, 7) is 5.02. The van der Waals surface area contributed by atoms with E-state index in [4.69, 9.17) is 4.74 Å². The second kappa shape index (κ2) is 7.01. The molecule has 0 bridgehead atoms. The lowest BCUT2D eigenvalue weighted by molar-refractivity contribution is -0.0321. The first kappa shape index (κ1) is 14.5. The van der Waals surface area contributed by atoms with E-state index in [0.717, 1.165) is 24.2 Å². The van der Waals surface area contributed by atoms with E-state index in [-0.39, 0.29) is 12.6 Å². The molecule has 1 aliphatic rings. The fraction of sp³-hybridized carbons (Fsp3) is 0.600. The van der Waals surface area contributed by atoms with Gasteiger partial charge in [-0.15, -0.1) is 0 Å². The van der Waals surface area contributed by atoms with Crippen LogP contribution in [-0.2, 0) is 4.74 Å². The van der Waals surface area contributed by atoms with Crippen LogP contribution in [0.2, 0.25) is 0 Å². The Morgan fingerprint density at radius 3 is 2.95 bits per heavy atom. The van der Waals surface area contributed by atoms with E-state index in [0.29, 0.717) is 19.6 Å². The van der Waals surface area contributed by atoms with Gasteiger partial charge in [-0.1, -0.05) is 24.3 Å². The fourth-order valence-corrected chi connectivity index (χ4v) is 2.56. The monoisotopic (exact) mass is 265 g/mol. The predicted molar refractivity (Wildman–Crippen MR) is 74.0 cm³/mol. The van der Waals surface area contributed by atoms with E-state index in [9.17, 15) is 10.2 Å². The lowest BCUT2D eigenvalue weighted by Crippen LogP contribution is -2.48. The number of aliphatic hydroxyl groups excluding tert-OH is 2. The summed E-state index contributed by atoms with van der Waals surface area (Å²) in [4.78, 5) is 2.20. The van der Waals surface area contributed by atoms with E-state index in [1.165, 1.54) is 0 Å². The second-order valence-corrected chi connectivity index (χ2v) is 5.11. The van der Waals surface area contributed by atoms with Crippen LogP contribution in [0.15, 0.2) is 24.3 Å². The lowest BCUT2D eigenvalue weighted by Gasteiger charge is -2.34. The lowest BCUT2D eigenvalue weighted by atomic mass is 10.0. The Kier molecular flexibility index (Phi) is 5.34. The van der Waals surface area contributed by atoms with Crippen LogP contribution in [-0.4, -0.2) is 54.1 Å². The number of aryl methyl sites for hydroxylation is 1. The van der Waals surface area contributed by atoms with Crippen LogP contribution in [0, 0.1) is 6.92 Å². The zero-order valence-corrected chi connectivity index (χ0v) is 11.5. The Balaban J connectivity index is 1.89. The van der Waals surface area contributed by atoms with E-state index >= 15 is 0 Å². The summed E-state index contributed by atoms with van der Waals surface area (Å²) in [6.07, 6.45) is 0.241. The van der Waals surface area contributed by atoms with Gasteiger partial charge in [-0.25, -0.2) is 0 Å². The third-order valence-electron chi connectivity index (χ3n) is 3.80. The third-order valence-corrected chi connectivity index (χ3v) is 3.80. The molecule has 1 saturated heterocycles. The van der Waals surface area contributed by atoms with Crippen molar-refractivity contribution in [1.29, 1.82) is 0 Å². The van der Waals surface area contributed by atoms with Crippen LogP contribution in [0.4, 0.5) is 0 Å². The summed E-state index contributed by atoms with van der Waals surface area (Å²) in [6, 6.07) is 8.00. The van der Waals surface area contributed by atoms with Gasteiger partial charge in [0.2, 0.25) is 0 Å². The minimum atomic E-state index is -0.441. The molecule has 1 aromatic carbocycles. The van der Waals surface area contributed by atoms with Crippen molar-refractivity contribution in [2.45, 2.75) is 25.5 Å². The van der Waals surface area contributed by atoms with Crippen molar-refractivity contribution < 1.29 is 14.9 Å². The van der Waals surface area contributed by atoms with Crippen LogP contribution in [0.1, 0.15) is 23.7 Å². The first-order valence-corrected chi connectivity index (χ1v) is 6.88. The summed E-state index contributed by atoms with van der Waals surface area (Å²) in [5.74, 6) is 0. The molecule has 4 nitrogen and oxygen atoms in total. The number of benzene rings is 1. The smallest absolute Gasteiger partial charge is 0.0804 e. The summed E-state index contributed by atoms with van der Waals surface area (Å²) in [5, 5.41) is 19.6. The van der Waals surface area contributed by atoms with E-state index in [2.05, 4.69) is 4.90 Å². The van der Waals surface area contributed by atoms with Crippen LogP contribution in [0.25, 0.3) is 0 Å². The van der Waals surface area contributed by atoms with Crippen LogP contribution < -0.4 is 0 Å². The van der Waals surface area contributed by atoms with Gasteiger partial charge in [0.25, 0.3) is 0 Å². The zero-order valence-electron chi connectivity index (χ0n) is 11.5. The summed E-state index contributed by atoms with van der Waals surface area (Å²) >= 11 is 0. The van der Waals surface area contributed by atoms with Gasteiger partial charge >= 0.3 is 0 Å². The molecule has 106 valence electrons. The molecular formula is C15H23NO3. The molecular weight excluding hydrogens is 242 g/mol. The molecule has 2 atom stereocenters. The van der Waals surface area contributed by atoms with Gasteiger partial charge in [-0.2, -0.15) is 0 Å². The Morgan fingerprint density at radius 1 is 1.42 bits per heavy atom. The highest BCUT2D eigenvalue weighted by molar-refractivity contribution is 5.27. The quantitative estimate of drug-likeness (QED) is 0.837. The molecule has 0 radical (unpaired) electrons. The molecule has 0 amide bonds.